The van der Waals surface area contributed by atoms with Crippen LogP contribution in [0.1, 0.15) is 47.6 Å². The fraction of sp³-hybridized carbons (Fsp3) is 0.231. The van der Waals surface area contributed by atoms with E-state index in [1.165, 1.54) is 11.1 Å². The van der Waals surface area contributed by atoms with Crippen LogP contribution in [0.25, 0.3) is 0 Å². The van der Waals surface area contributed by atoms with Gasteiger partial charge in [0.05, 0.1) is 6.04 Å². The quantitative estimate of drug-likeness (QED) is 0.662. The Bertz CT molecular complexity index is 1020. The summed E-state index contributed by atoms with van der Waals surface area (Å²) in [5.74, 6) is 0.450. The number of carbonyl (C=O) groups is 1. The van der Waals surface area contributed by atoms with Crippen LogP contribution in [0.4, 0.5) is 0 Å². The van der Waals surface area contributed by atoms with E-state index in [1.54, 1.807) is 4.90 Å². The van der Waals surface area contributed by atoms with Crippen molar-refractivity contribution in [1.82, 2.24) is 4.90 Å². The Hall–Kier alpha value is -3.20. The summed E-state index contributed by atoms with van der Waals surface area (Å²) in [5, 5.41) is 8.87. The van der Waals surface area contributed by atoms with Crippen LogP contribution in [-0.2, 0) is 16.6 Å². The lowest BCUT2D eigenvalue weighted by Gasteiger charge is -2.35. The summed E-state index contributed by atoms with van der Waals surface area (Å²) in [5.41, 5.74) is 3.61. The van der Waals surface area contributed by atoms with Crippen molar-refractivity contribution < 1.29 is 4.79 Å². The number of rotatable bonds is 3. The summed E-state index contributed by atoms with van der Waals surface area (Å²) < 4.78 is 0. The molecule has 0 radical (unpaired) electrons. The lowest BCUT2D eigenvalue weighted by molar-refractivity contribution is -0.131. The average molecular weight is 380 g/mol. The number of amidine groups is 1. The van der Waals surface area contributed by atoms with Gasteiger partial charge in [-0.15, -0.1) is 0 Å². The van der Waals surface area contributed by atoms with Crippen molar-refractivity contribution in [3.8, 4) is 0 Å². The zero-order valence-corrected chi connectivity index (χ0v) is 16.3. The normalized spacial score (nSPS) is 20.6. The van der Waals surface area contributed by atoms with E-state index >= 15 is 0 Å². The molecule has 1 aliphatic carbocycles. The van der Waals surface area contributed by atoms with Crippen LogP contribution in [0, 0.1) is 5.41 Å². The van der Waals surface area contributed by atoms with Crippen molar-refractivity contribution in [2.24, 2.45) is 0 Å². The molecule has 2 aliphatic rings. The molecule has 0 saturated carbocycles. The standard InChI is InChI=1S/C26H24N2O/c27-24-18-26(20-12-3-1-4-13-20,21-14-5-2-6-15-21)25(29)28(24)23-17-9-11-19-10-7-8-16-22(19)23/h1-8,10,12-16,23,27H,9,11,17-18H2. The molecule has 1 fully saturated rings. The van der Waals surface area contributed by atoms with Crippen LogP contribution in [0.2, 0.25) is 0 Å². The van der Waals surface area contributed by atoms with Gasteiger partial charge in [0.2, 0.25) is 5.91 Å². The van der Waals surface area contributed by atoms with Gasteiger partial charge in [0, 0.05) is 6.42 Å². The predicted octanol–water partition coefficient (Wildman–Crippen LogP) is 5.26. The van der Waals surface area contributed by atoms with E-state index in [4.69, 9.17) is 5.41 Å². The van der Waals surface area contributed by atoms with Gasteiger partial charge in [-0.05, 0) is 41.5 Å². The van der Waals surface area contributed by atoms with Crippen LogP contribution >= 0.6 is 0 Å². The number of hydrogen-bond donors (Lipinski definition) is 1. The van der Waals surface area contributed by atoms with Crippen LogP contribution in [0.3, 0.4) is 0 Å². The molecule has 1 heterocycles. The Morgan fingerprint density at radius 2 is 1.41 bits per heavy atom. The molecular formula is C26H24N2O. The first kappa shape index (κ1) is 17.9. The third-order valence-electron chi connectivity index (χ3n) is 6.49. The van der Waals surface area contributed by atoms with Gasteiger partial charge in [-0.1, -0.05) is 84.9 Å². The first-order valence-electron chi connectivity index (χ1n) is 10.3. The minimum atomic E-state index is -0.827. The SMILES string of the molecule is N=C1CC(c2ccccc2)(c2ccccc2)C(=O)N1C1CCCc2ccccc21. The fourth-order valence-corrected chi connectivity index (χ4v) is 5.13. The van der Waals surface area contributed by atoms with Crippen molar-refractivity contribution in [3.63, 3.8) is 0 Å². The van der Waals surface area contributed by atoms with Crippen LogP contribution < -0.4 is 0 Å². The van der Waals surface area contributed by atoms with E-state index in [1.807, 2.05) is 66.7 Å². The summed E-state index contributed by atoms with van der Waals surface area (Å²) in [6.07, 6.45) is 3.40. The lowest BCUT2D eigenvalue weighted by atomic mass is 9.73. The number of aryl methyl sites for hydroxylation is 1. The minimum Gasteiger partial charge on any atom is -0.292 e. The van der Waals surface area contributed by atoms with E-state index in [0.29, 0.717) is 12.3 Å². The first-order chi connectivity index (χ1) is 14.2. The number of nitrogens with one attached hydrogen (secondary N) is 1. The van der Waals surface area contributed by atoms with Gasteiger partial charge in [-0.25, -0.2) is 0 Å². The molecule has 3 aromatic rings. The summed E-state index contributed by atoms with van der Waals surface area (Å²) >= 11 is 0. The maximum atomic E-state index is 14.1. The molecule has 0 spiro atoms. The Morgan fingerprint density at radius 3 is 2.07 bits per heavy atom. The number of amides is 1. The number of hydrogen-bond acceptors (Lipinski definition) is 2. The lowest BCUT2D eigenvalue weighted by Crippen LogP contribution is -2.42. The van der Waals surface area contributed by atoms with Crippen molar-refractivity contribution in [3.05, 3.63) is 107 Å². The Balaban J connectivity index is 1.65. The highest BCUT2D eigenvalue weighted by atomic mass is 16.2. The zero-order valence-electron chi connectivity index (χ0n) is 16.3. The van der Waals surface area contributed by atoms with E-state index in [9.17, 15) is 4.79 Å². The predicted molar refractivity (Wildman–Crippen MR) is 115 cm³/mol. The second-order valence-electron chi connectivity index (χ2n) is 8.04. The second-order valence-corrected chi connectivity index (χ2v) is 8.04. The molecular weight excluding hydrogens is 356 g/mol. The van der Waals surface area contributed by atoms with Crippen LogP contribution in [0.5, 0.6) is 0 Å². The van der Waals surface area contributed by atoms with Gasteiger partial charge < -0.3 is 0 Å². The van der Waals surface area contributed by atoms with Gasteiger partial charge in [0.25, 0.3) is 0 Å². The third kappa shape index (κ3) is 2.72. The van der Waals surface area contributed by atoms with Gasteiger partial charge in [-0.3, -0.25) is 15.1 Å². The van der Waals surface area contributed by atoms with E-state index < -0.39 is 5.41 Å². The van der Waals surface area contributed by atoms with Crippen LogP contribution in [0.15, 0.2) is 84.9 Å². The molecule has 0 aromatic heterocycles. The molecule has 1 unspecified atom stereocenters. The number of carbonyl (C=O) groups excluding carboxylic acids is 1. The van der Waals surface area contributed by atoms with Crippen molar-refractivity contribution in [2.75, 3.05) is 0 Å². The molecule has 1 atom stereocenters. The van der Waals surface area contributed by atoms with E-state index in [0.717, 1.165) is 30.4 Å². The molecule has 0 bridgehead atoms. The van der Waals surface area contributed by atoms with Gasteiger partial charge in [0.15, 0.2) is 0 Å². The Kier molecular flexibility index (Phi) is 4.31. The first-order valence-corrected chi connectivity index (χ1v) is 10.3. The molecule has 3 aromatic carbocycles. The second kappa shape index (κ2) is 7.00. The van der Waals surface area contributed by atoms with Crippen molar-refractivity contribution in [2.45, 2.75) is 37.1 Å². The molecule has 3 nitrogen and oxygen atoms in total. The largest absolute Gasteiger partial charge is 0.292 e. The number of likely N-dealkylation sites (tertiary alicyclic amines) is 1. The molecule has 29 heavy (non-hydrogen) atoms. The topological polar surface area (TPSA) is 44.2 Å². The maximum absolute atomic E-state index is 14.1. The Labute approximate surface area is 171 Å². The number of fused-ring (bicyclic) bond motifs is 1. The third-order valence-corrected chi connectivity index (χ3v) is 6.49. The summed E-state index contributed by atoms with van der Waals surface area (Å²) in [6, 6.07) is 28.3. The Morgan fingerprint density at radius 1 is 0.828 bits per heavy atom. The molecule has 1 amide bonds. The molecule has 5 rings (SSSR count). The van der Waals surface area contributed by atoms with Crippen molar-refractivity contribution in [1.29, 1.82) is 5.41 Å². The molecule has 1 saturated heterocycles. The highest BCUT2D eigenvalue weighted by Gasteiger charge is 2.54. The maximum Gasteiger partial charge on any atom is 0.244 e. The molecule has 3 heteroatoms. The summed E-state index contributed by atoms with van der Waals surface area (Å²) in [7, 11) is 0. The number of nitrogens with zero attached hydrogens (tertiary/aromatic N) is 1. The van der Waals surface area contributed by atoms with Gasteiger partial charge in [-0.2, -0.15) is 0 Å². The fourth-order valence-electron chi connectivity index (χ4n) is 5.13. The van der Waals surface area contributed by atoms with Gasteiger partial charge in [0.1, 0.15) is 11.3 Å². The minimum absolute atomic E-state index is 0.0293. The van der Waals surface area contributed by atoms with E-state index in [2.05, 4.69) is 18.2 Å². The number of benzene rings is 3. The molecule has 1 aliphatic heterocycles. The zero-order chi connectivity index (χ0) is 19.8. The van der Waals surface area contributed by atoms with Crippen LogP contribution in [-0.4, -0.2) is 16.6 Å². The summed E-state index contributed by atoms with van der Waals surface area (Å²) in [6.45, 7) is 0. The monoisotopic (exact) mass is 380 g/mol. The summed E-state index contributed by atoms with van der Waals surface area (Å²) in [4.78, 5) is 15.9. The highest BCUT2D eigenvalue weighted by molar-refractivity contribution is 6.12. The highest BCUT2D eigenvalue weighted by Crippen LogP contribution is 2.47. The smallest absolute Gasteiger partial charge is 0.244 e. The molecule has 144 valence electrons. The van der Waals surface area contributed by atoms with Gasteiger partial charge >= 0.3 is 0 Å². The average Bonchev–Trinajstić information content (AvgIpc) is 3.05. The molecule has 1 N–H and O–H groups in total. The van der Waals surface area contributed by atoms with Crippen molar-refractivity contribution >= 4 is 11.7 Å². The van der Waals surface area contributed by atoms with E-state index in [-0.39, 0.29) is 11.9 Å².